The van der Waals surface area contributed by atoms with Gasteiger partial charge in [-0.3, -0.25) is 4.57 Å². The molecule has 3 heterocycles. The van der Waals surface area contributed by atoms with E-state index in [4.69, 9.17) is 4.98 Å². The monoisotopic (exact) mass is 601 g/mol. The molecule has 1 aliphatic rings. The number of rotatable bonds is 3. The maximum Gasteiger partial charge on any atom is 0.145 e. The Labute approximate surface area is 273 Å². The molecule has 3 heteroatoms. The van der Waals surface area contributed by atoms with Crippen LogP contribution >= 0.6 is 0 Å². The van der Waals surface area contributed by atoms with E-state index in [1.54, 1.807) is 0 Å². The fraction of sp³-hybridized carbons (Fsp3) is 0.0682. The summed E-state index contributed by atoms with van der Waals surface area (Å²) in [5.74, 6) is 0. The molecule has 0 saturated carbocycles. The molecule has 0 unspecified atom stereocenters. The second-order valence-electron chi connectivity index (χ2n) is 13.3. The minimum absolute atomic E-state index is 0.0386. The van der Waals surface area contributed by atoms with Crippen LogP contribution in [0.2, 0.25) is 0 Å². The second kappa shape index (κ2) is 9.54. The first-order valence-electron chi connectivity index (χ1n) is 16.3. The van der Waals surface area contributed by atoms with Gasteiger partial charge in [0.05, 0.1) is 16.6 Å². The Hall–Kier alpha value is -5.93. The first-order chi connectivity index (χ1) is 23.1. The van der Waals surface area contributed by atoms with Crippen LogP contribution in [0.25, 0.3) is 77.4 Å². The van der Waals surface area contributed by atoms with Crippen LogP contribution in [0.5, 0.6) is 0 Å². The topological polar surface area (TPSA) is 22.8 Å². The molecule has 0 fully saturated rings. The summed E-state index contributed by atoms with van der Waals surface area (Å²) in [6, 6.07) is 53.2. The number of aromatic nitrogens is 3. The number of nitrogens with zero attached hydrogens (tertiary/aromatic N) is 3. The lowest BCUT2D eigenvalue weighted by atomic mass is 9.81. The maximum atomic E-state index is 4.85. The van der Waals surface area contributed by atoms with Crippen molar-refractivity contribution >= 4 is 43.7 Å². The lowest BCUT2D eigenvalue weighted by Crippen LogP contribution is -2.14. The van der Waals surface area contributed by atoms with Crippen LogP contribution in [0.3, 0.4) is 0 Å². The third-order valence-corrected chi connectivity index (χ3v) is 10.4. The summed E-state index contributed by atoms with van der Waals surface area (Å²) in [5, 5.41) is 4.86. The first-order valence-corrected chi connectivity index (χ1v) is 16.3. The van der Waals surface area contributed by atoms with Crippen molar-refractivity contribution in [3.63, 3.8) is 0 Å². The number of para-hydroxylation sites is 2. The normalized spacial score (nSPS) is 13.5. The molecule has 3 aromatic heterocycles. The van der Waals surface area contributed by atoms with Crippen molar-refractivity contribution in [3.05, 3.63) is 163 Å². The summed E-state index contributed by atoms with van der Waals surface area (Å²) >= 11 is 0. The molecule has 0 amide bonds. The number of benzene rings is 6. The number of hydrogen-bond donors (Lipinski definition) is 0. The molecular weight excluding hydrogens is 571 g/mol. The zero-order chi connectivity index (χ0) is 31.3. The van der Waals surface area contributed by atoms with Crippen LogP contribution < -0.4 is 0 Å². The van der Waals surface area contributed by atoms with Gasteiger partial charge in [0, 0.05) is 44.5 Å². The van der Waals surface area contributed by atoms with Gasteiger partial charge in [-0.2, -0.15) is 0 Å². The van der Waals surface area contributed by atoms with Crippen molar-refractivity contribution in [2.24, 2.45) is 0 Å². The number of fused-ring (bicyclic) bond motifs is 9. The molecule has 3 nitrogen and oxygen atoms in total. The van der Waals surface area contributed by atoms with Crippen LogP contribution in [0, 0.1) is 0 Å². The molecule has 0 atom stereocenters. The van der Waals surface area contributed by atoms with Gasteiger partial charge in [0.25, 0.3) is 0 Å². The summed E-state index contributed by atoms with van der Waals surface area (Å²) in [4.78, 5) is 4.85. The molecule has 9 aromatic rings. The first kappa shape index (κ1) is 26.3. The molecule has 1 aliphatic carbocycles. The summed E-state index contributed by atoms with van der Waals surface area (Å²) < 4.78 is 4.72. The highest BCUT2D eigenvalue weighted by molar-refractivity contribution is 6.12. The summed E-state index contributed by atoms with van der Waals surface area (Å²) in [7, 11) is 0. The fourth-order valence-corrected chi connectivity index (χ4v) is 8.12. The minimum Gasteiger partial charge on any atom is -0.309 e. The maximum absolute atomic E-state index is 4.85. The minimum atomic E-state index is -0.0386. The van der Waals surface area contributed by atoms with Crippen LogP contribution in [-0.4, -0.2) is 14.1 Å². The second-order valence-corrected chi connectivity index (χ2v) is 13.3. The lowest BCUT2D eigenvalue weighted by Gasteiger charge is -2.22. The van der Waals surface area contributed by atoms with Gasteiger partial charge in [0.2, 0.25) is 0 Å². The van der Waals surface area contributed by atoms with Gasteiger partial charge >= 0.3 is 0 Å². The van der Waals surface area contributed by atoms with E-state index in [0.29, 0.717) is 0 Å². The van der Waals surface area contributed by atoms with Crippen LogP contribution in [0.15, 0.2) is 152 Å². The summed E-state index contributed by atoms with van der Waals surface area (Å²) in [6.07, 6.45) is 1.89. The zero-order valence-electron chi connectivity index (χ0n) is 26.3. The SMILES string of the molecule is CC1(C)c2ccccc2-c2ccc(-c3ccc4c5ccc(-n6c7ccccc7c7cccnc76)cc5n(-c5ccccc5)c4c3)cc21. The largest absolute Gasteiger partial charge is 0.309 e. The number of hydrogen-bond acceptors (Lipinski definition) is 1. The van der Waals surface area contributed by atoms with E-state index >= 15 is 0 Å². The van der Waals surface area contributed by atoms with E-state index in [2.05, 4.69) is 163 Å². The van der Waals surface area contributed by atoms with Crippen LogP contribution in [0.1, 0.15) is 25.0 Å². The van der Waals surface area contributed by atoms with E-state index in [-0.39, 0.29) is 5.41 Å². The quantitative estimate of drug-likeness (QED) is 0.198. The van der Waals surface area contributed by atoms with Crippen molar-refractivity contribution in [2.75, 3.05) is 0 Å². The third-order valence-electron chi connectivity index (χ3n) is 10.4. The van der Waals surface area contributed by atoms with Gasteiger partial charge < -0.3 is 4.57 Å². The predicted octanol–water partition coefficient (Wildman–Crippen LogP) is 11.2. The van der Waals surface area contributed by atoms with E-state index in [1.807, 2.05) is 12.3 Å². The van der Waals surface area contributed by atoms with E-state index in [0.717, 1.165) is 27.9 Å². The molecule has 222 valence electrons. The fourth-order valence-electron chi connectivity index (χ4n) is 8.12. The van der Waals surface area contributed by atoms with Gasteiger partial charge in [0.1, 0.15) is 5.65 Å². The highest BCUT2D eigenvalue weighted by atomic mass is 15.1. The average molecular weight is 602 g/mol. The van der Waals surface area contributed by atoms with Gasteiger partial charge in [-0.05, 0) is 88.0 Å². The average Bonchev–Trinajstić information content (AvgIpc) is 3.71. The van der Waals surface area contributed by atoms with Crippen molar-refractivity contribution in [2.45, 2.75) is 19.3 Å². The predicted molar refractivity (Wildman–Crippen MR) is 196 cm³/mol. The smallest absolute Gasteiger partial charge is 0.145 e. The zero-order valence-corrected chi connectivity index (χ0v) is 26.3. The lowest BCUT2D eigenvalue weighted by molar-refractivity contribution is 0.660. The molecule has 0 N–H and O–H groups in total. The van der Waals surface area contributed by atoms with Gasteiger partial charge in [-0.25, -0.2) is 4.98 Å². The van der Waals surface area contributed by atoms with Crippen LogP contribution in [0.4, 0.5) is 0 Å². The van der Waals surface area contributed by atoms with Crippen molar-refractivity contribution in [3.8, 4) is 33.6 Å². The Balaban J connectivity index is 1.21. The molecule has 0 spiro atoms. The highest BCUT2D eigenvalue weighted by Gasteiger charge is 2.35. The van der Waals surface area contributed by atoms with Gasteiger partial charge in [-0.15, -0.1) is 0 Å². The van der Waals surface area contributed by atoms with Gasteiger partial charge in [0.15, 0.2) is 0 Å². The van der Waals surface area contributed by atoms with Crippen LogP contribution in [-0.2, 0) is 5.41 Å². The molecule has 47 heavy (non-hydrogen) atoms. The molecule has 0 saturated heterocycles. The van der Waals surface area contributed by atoms with E-state index in [9.17, 15) is 0 Å². The molecule has 0 aliphatic heterocycles. The summed E-state index contributed by atoms with van der Waals surface area (Å²) in [6.45, 7) is 4.70. The standard InChI is InChI=1S/C44H31N3/c1-44(2)38-16-8-6-13-32(38)33-21-18-28(25-39(33)44)29-19-22-35-36-23-20-31(27-42(36)46(41(35)26-29)30-11-4-3-5-12-30)47-40-17-9-7-14-34(40)37-15-10-24-45-43(37)47/h3-27H,1-2H3. The number of pyridine rings is 1. The molecule has 0 bridgehead atoms. The summed E-state index contributed by atoms with van der Waals surface area (Å²) in [5.41, 5.74) is 14.7. The third kappa shape index (κ3) is 3.65. The molecule has 6 aromatic carbocycles. The Morgan fingerprint density at radius 2 is 1.11 bits per heavy atom. The Morgan fingerprint density at radius 3 is 2.00 bits per heavy atom. The molecular formula is C44H31N3. The Bertz CT molecular complexity index is 2650. The Morgan fingerprint density at radius 1 is 0.447 bits per heavy atom. The van der Waals surface area contributed by atoms with Crippen molar-refractivity contribution in [1.82, 2.24) is 14.1 Å². The molecule has 0 radical (unpaired) electrons. The van der Waals surface area contributed by atoms with E-state index < -0.39 is 0 Å². The Kier molecular flexibility index (Phi) is 5.34. The van der Waals surface area contributed by atoms with Crippen molar-refractivity contribution < 1.29 is 0 Å². The van der Waals surface area contributed by atoms with Gasteiger partial charge in [-0.1, -0.05) is 105 Å². The van der Waals surface area contributed by atoms with Crippen molar-refractivity contribution in [1.29, 1.82) is 0 Å². The molecule has 10 rings (SSSR count). The highest BCUT2D eigenvalue weighted by Crippen LogP contribution is 2.49. The van der Waals surface area contributed by atoms with E-state index in [1.165, 1.54) is 60.6 Å².